The highest BCUT2D eigenvalue weighted by Crippen LogP contribution is 2.59. The number of hydrogen-bond acceptors (Lipinski definition) is 9. The third-order valence-corrected chi connectivity index (χ3v) is 5.05. The van der Waals surface area contributed by atoms with E-state index >= 15 is 0 Å². The summed E-state index contributed by atoms with van der Waals surface area (Å²) < 4.78 is 20.3. The van der Waals surface area contributed by atoms with Crippen molar-refractivity contribution in [2.45, 2.75) is 11.8 Å². The fourth-order valence-corrected chi connectivity index (χ4v) is 3.82. The Bertz CT molecular complexity index is 1010. The van der Waals surface area contributed by atoms with Gasteiger partial charge in [-0.05, 0) is 24.3 Å². The molecule has 0 saturated heterocycles. The lowest BCUT2D eigenvalue weighted by molar-refractivity contribution is -0.147. The predicted molar refractivity (Wildman–Crippen MR) is 93.7 cm³/mol. The van der Waals surface area contributed by atoms with Crippen LogP contribution in [0.5, 0.6) is 0 Å². The van der Waals surface area contributed by atoms with Crippen LogP contribution in [0, 0.1) is 34.0 Å². The summed E-state index contributed by atoms with van der Waals surface area (Å²) in [6, 6.07) is 9.84. The summed E-state index contributed by atoms with van der Waals surface area (Å²) in [5.74, 6) is -6.66. The highest BCUT2D eigenvalue weighted by molar-refractivity contribution is 5.94. The van der Waals surface area contributed by atoms with E-state index in [0.29, 0.717) is 0 Å². The molecule has 3 rings (SSSR count). The van der Waals surface area contributed by atoms with Gasteiger partial charge < -0.3 is 23.4 Å². The van der Waals surface area contributed by atoms with Gasteiger partial charge in [0, 0.05) is 0 Å². The number of carbonyl (C=O) groups excluding carboxylic acids is 2. The largest absolute Gasteiger partial charge is 0.511 e. The number of ether oxygens (including phenoxy) is 2. The molecule has 148 valence electrons. The summed E-state index contributed by atoms with van der Waals surface area (Å²) >= 11 is 0. The van der Waals surface area contributed by atoms with E-state index in [1.807, 2.05) is 12.1 Å². The second-order valence-corrected chi connectivity index (χ2v) is 6.33. The minimum atomic E-state index is -2.07. The van der Waals surface area contributed by atoms with Gasteiger partial charge in [-0.3, -0.25) is 4.79 Å². The highest BCUT2D eigenvalue weighted by Gasteiger charge is 2.63. The van der Waals surface area contributed by atoms with Crippen molar-refractivity contribution in [1.82, 2.24) is 0 Å². The number of esters is 2. The summed E-state index contributed by atoms with van der Waals surface area (Å²) in [4.78, 5) is 25.2. The number of furan rings is 2. The van der Waals surface area contributed by atoms with Gasteiger partial charge in [-0.25, -0.2) is 4.79 Å². The van der Waals surface area contributed by atoms with E-state index in [1.54, 1.807) is 0 Å². The van der Waals surface area contributed by atoms with Crippen LogP contribution in [-0.4, -0.2) is 31.3 Å². The van der Waals surface area contributed by atoms with E-state index < -0.39 is 46.4 Å². The maximum absolute atomic E-state index is 12.6. The van der Waals surface area contributed by atoms with Gasteiger partial charge >= 0.3 is 11.9 Å². The lowest BCUT2D eigenvalue weighted by atomic mass is 9.56. The molecule has 9 nitrogen and oxygen atoms in total. The zero-order valence-electron chi connectivity index (χ0n) is 15.5. The van der Waals surface area contributed by atoms with E-state index in [0.717, 1.165) is 14.2 Å². The molecule has 0 fully saturated rings. The monoisotopic (exact) mass is 396 g/mol. The van der Waals surface area contributed by atoms with Gasteiger partial charge in [-0.1, -0.05) is 0 Å². The summed E-state index contributed by atoms with van der Waals surface area (Å²) in [5, 5.41) is 31.3. The van der Waals surface area contributed by atoms with Crippen molar-refractivity contribution in [1.29, 1.82) is 10.5 Å². The van der Waals surface area contributed by atoms with Crippen molar-refractivity contribution in [3.05, 3.63) is 59.6 Å². The van der Waals surface area contributed by atoms with Crippen molar-refractivity contribution >= 4 is 11.9 Å². The van der Waals surface area contributed by atoms with Crippen molar-refractivity contribution in [3.63, 3.8) is 0 Å². The van der Waals surface area contributed by atoms with E-state index in [4.69, 9.17) is 18.3 Å². The van der Waals surface area contributed by atoms with E-state index in [9.17, 15) is 25.2 Å². The van der Waals surface area contributed by atoms with Crippen LogP contribution >= 0.6 is 0 Å². The number of hydrogen-bond donors (Lipinski definition) is 1. The van der Waals surface area contributed by atoms with Crippen LogP contribution in [0.2, 0.25) is 0 Å². The first-order chi connectivity index (χ1) is 14.0. The number of aliphatic hydroxyl groups is 1. The maximum Gasteiger partial charge on any atom is 0.338 e. The van der Waals surface area contributed by atoms with Gasteiger partial charge in [-0.15, -0.1) is 0 Å². The highest BCUT2D eigenvalue weighted by atomic mass is 16.5. The van der Waals surface area contributed by atoms with Crippen LogP contribution in [0.25, 0.3) is 0 Å². The van der Waals surface area contributed by atoms with Gasteiger partial charge in [0.05, 0.1) is 56.3 Å². The molecule has 0 unspecified atom stereocenters. The Morgan fingerprint density at radius 2 is 1.66 bits per heavy atom. The molecule has 2 aromatic heterocycles. The Labute approximate surface area is 165 Å². The fraction of sp³-hybridized carbons (Fsp3) is 0.300. The van der Waals surface area contributed by atoms with Crippen molar-refractivity contribution in [3.8, 4) is 12.1 Å². The summed E-state index contributed by atoms with van der Waals surface area (Å²) in [7, 11) is 2.17. The summed E-state index contributed by atoms with van der Waals surface area (Å²) in [6.07, 6.45) is 2.61. The Balaban J connectivity index is 2.44. The van der Waals surface area contributed by atoms with Crippen LogP contribution in [0.1, 0.15) is 23.4 Å². The SMILES string of the molecule is COC(=O)C1=C(O)[C@H](C(=O)OC)[C@H](c2ccco2)C(C#N)(C#N)[C@H]1c1ccco1. The van der Waals surface area contributed by atoms with Gasteiger partial charge in [0.1, 0.15) is 23.2 Å². The van der Waals surface area contributed by atoms with E-state index in [2.05, 4.69) is 0 Å². The first-order valence-corrected chi connectivity index (χ1v) is 8.45. The fourth-order valence-electron chi connectivity index (χ4n) is 3.82. The molecule has 9 heteroatoms. The van der Waals surface area contributed by atoms with Crippen LogP contribution in [0.15, 0.2) is 57.0 Å². The number of nitriles is 2. The Kier molecular flexibility index (Phi) is 5.16. The minimum absolute atomic E-state index is 0.0694. The Hall–Kier alpha value is -3.98. The van der Waals surface area contributed by atoms with Crippen molar-refractivity contribution < 1.29 is 33.0 Å². The number of nitrogens with zero attached hydrogens (tertiary/aromatic N) is 2. The molecule has 0 aliphatic heterocycles. The average molecular weight is 396 g/mol. The van der Waals surface area contributed by atoms with Crippen LogP contribution in [-0.2, 0) is 19.1 Å². The van der Waals surface area contributed by atoms with E-state index in [1.165, 1.54) is 36.8 Å². The second kappa shape index (κ2) is 7.56. The summed E-state index contributed by atoms with van der Waals surface area (Å²) in [5.41, 5.74) is -2.49. The molecule has 1 N–H and O–H groups in total. The molecule has 29 heavy (non-hydrogen) atoms. The van der Waals surface area contributed by atoms with Crippen molar-refractivity contribution in [2.75, 3.05) is 14.2 Å². The molecular formula is C20H16N2O7. The standard InChI is InChI=1S/C20H16N2O7/c1-26-18(24)13-15(11-5-3-7-28-11)20(9-21,10-22)16(12-6-4-8-29-12)14(17(13)23)19(25)27-2/h3-8,13,15-16,23H,1-2H3/t13-,15+,16+/m1/s1. The molecule has 0 bridgehead atoms. The number of carbonyl (C=O) groups is 2. The minimum Gasteiger partial charge on any atom is -0.511 e. The molecule has 2 heterocycles. The number of aliphatic hydroxyl groups excluding tert-OH is 1. The molecule has 0 saturated carbocycles. The van der Waals surface area contributed by atoms with E-state index in [-0.39, 0.29) is 11.5 Å². The van der Waals surface area contributed by atoms with Crippen LogP contribution in [0.4, 0.5) is 0 Å². The lowest BCUT2D eigenvalue weighted by Gasteiger charge is -2.41. The van der Waals surface area contributed by atoms with Crippen molar-refractivity contribution in [2.24, 2.45) is 11.3 Å². The molecule has 0 spiro atoms. The Morgan fingerprint density at radius 1 is 1.07 bits per heavy atom. The molecule has 0 amide bonds. The molecule has 3 atom stereocenters. The van der Waals surface area contributed by atoms with Gasteiger partial charge in [0.15, 0.2) is 5.41 Å². The topological polar surface area (TPSA) is 147 Å². The maximum atomic E-state index is 12.6. The van der Waals surface area contributed by atoms with Crippen LogP contribution < -0.4 is 0 Å². The lowest BCUT2D eigenvalue weighted by Crippen LogP contribution is -2.47. The predicted octanol–water partition coefficient (Wildman–Crippen LogP) is 2.56. The molecule has 1 aliphatic carbocycles. The first kappa shape index (κ1) is 19.8. The first-order valence-electron chi connectivity index (χ1n) is 8.45. The molecule has 1 aliphatic rings. The number of rotatable bonds is 4. The quantitative estimate of drug-likeness (QED) is 0.770. The molecule has 0 radical (unpaired) electrons. The number of methoxy groups -OCH3 is 2. The zero-order valence-corrected chi connectivity index (χ0v) is 15.5. The zero-order chi connectivity index (χ0) is 21.2. The average Bonchev–Trinajstić information content (AvgIpc) is 3.45. The van der Waals surface area contributed by atoms with Gasteiger partial charge in [0.25, 0.3) is 0 Å². The van der Waals surface area contributed by atoms with Gasteiger partial charge in [-0.2, -0.15) is 10.5 Å². The second-order valence-electron chi connectivity index (χ2n) is 6.33. The van der Waals surface area contributed by atoms with Gasteiger partial charge in [0.2, 0.25) is 0 Å². The normalized spacial score (nSPS) is 23.0. The molecular weight excluding hydrogens is 380 g/mol. The molecule has 0 aromatic carbocycles. The molecule has 2 aromatic rings. The Morgan fingerprint density at radius 3 is 2.10 bits per heavy atom. The summed E-state index contributed by atoms with van der Waals surface area (Å²) in [6.45, 7) is 0. The third kappa shape index (κ3) is 2.84. The third-order valence-electron chi connectivity index (χ3n) is 5.05. The van der Waals surface area contributed by atoms with Crippen LogP contribution in [0.3, 0.4) is 0 Å². The smallest absolute Gasteiger partial charge is 0.338 e.